The van der Waals surface area contributed by atoms with Crippen LogP contribution in [0.1, 0.15) is 24.1 Å². The Bertz CT molecular complexity index is 647. The summed E-state index contributed by atoms with van der Waals surface area (Å²) in [6, 6.07) is 6.06. The zero-order chi connectivity index (χ0) is 14.7. The molecule has 1 aromatic carbocycles. The highest BCUT2D eigenvalue weighted by atomic mass is 35.5. The monoisotopic (exact) mass is 320 g/mol. The molecule has 1 N–H and O–H groups in total. The molecule has 0 unspecified atom stereocenters. The summed E-state index contributed by atoms with van der Waals surface area (Å²) in [5, 5.41) is 7.76. The standard InChI is InChI=1S/C15H17ClN4S/c1-11-10-21-15(18-11)19-17-9-12-4-5-14(13(16)8-12)20-6-2-3-7-20/h4-5,8-10H,2-3,6-7H2,1H3,(H,18,19). The van der Waals surface area contributed by atoms with E-state index in [-0.39, 0.29) is 0 Å². The van der Waals surface area contributed by atoms with Crippen molar-refractivity contribution < 1.29 is 0 Å². The summed E-state index contributed by atoms with van der Waals surface area (Å²) in [6.45, 7) is 4.15. The molecule has 1 aliphatic heterocycles. The molecule has 0 amide bonds. The third kappa shape index (κ3) is 3.54. The number of thiazole rings is 1. The lowest BCUT2D eigenvalue weighted by molar-refractivity contribution is 0.949. The fourth-order valence-electron chi connectivity index (χ4n) is 2.39. The van der Waals surface area contributed by atoms with Gasteiger partial charge in [0.05, 0.1) is 22.6 Å². The topological polar surface area (TPSA) is 40.5 Å². The molecule has 0 radical (unpaired) electrons. The van der Waals surface area contributed by atoms with Crippen LogP contribution in [0.15, 0.2) is 28.7 Å². The van der Waals surface area contributed by atoms with Crippen LogP contribution in [-0.4, -0.2) is 24.3 Å². The molecule has 1 aromatic heterocycles. The fourth-order valence-corrected chi connectivity index (χ4v) is 3.33. The molecule has 0 atom stereocenters. The Hall–Kier alpha value is -1.59. The zero-order valence-corrected chi connectivity index (χ0v) is 13.4. The minimum atomic E-state index is 0.783. The molecule has 0 aliphatic carbocycles. The SMILES string of the molecule is Cc1csc(NN=Cc2ccc(N3CCCC3)c(Cl)c2)n1. The molecular weight excluding hydrogens is 304 g/mol. The second kappa shape index (κ2) is 6.45. The van der Waals surface area contributed by atoms with Gasteiger partial charge < -0.3 is 4.90 Å². The van der Waals surface area contributed by atoms with Gasteiger partial charge in [-0.2, -0.15) is 5.10 Å². The smallest absolute Gasteiger partial charge is 0.203 e. The van der Waals surface area contributed by atoms with Gasteiger partial charge in [0.25, 0.3) is 0 Å². The molecule has 0 saturated carbocycles. The van der Waals surface area contributed by atoms with Crippen LogP contribution >= 0.6 is 22.9 Å². The first-order valence-corrected chi connectivity index (χ1v) is 8.24. The number of hydrogen-bond acceptors (Lipinski definition) is 5. The van der Waals surface area contributed by atoms with Gasteiger partial charge in [-0.1, -0.05) is 17.7 Å². The van der Waals surface area contributed by atoms with Crippen molar-refractivity contribution in [3.05, 3.63) is 39.9 Å². The van der Waals surface area contributed by atoms with Crippen molar-refractivity contribution >= 4 is 40.0 Å². The van der Waals surface area contributed by atoms with E-state index < -0.39 is 0 Å². The van der Waals surface area contributed by atoms with E-state index in [0.717, 1.165) is 40.2 Å². The summed E-state index contributed by atoms with van der Waals surface area (Å²) in [5.41, 5.74) is 6.02. The number of nitrogens with zero attached hydrogens (tertiary/aromatic N) is 3. The first-order chi connectivity index (χ1) is 10.2. The number of hydrazone groups is 1. The molecule has 110 valence electrons. The number of anilines is 2. The highest BCUT2D eigenvalue weighted by Crippen LogP contribution is 2.29. The average molecular weight is 321 g/mol. The van der Waals surface area contributed by atoms with E-state index in [2.05, 4.69) is 26.5 Å². The second-order valence-electron chi connectivity index (χ2n) is 5.07. The van der Waals surface area contributed by atoms with Gasteiger partial charge in [0.15, 0.2) is 0 Å². The summed E-state index contributed by atoms with van der Waals surface area (Å²) in [5.74, 6) is 0. The van der Waals surface area contributed by atoms with Crippen LogP contribution in [0.25, 0.3) is 0 Å². The van der Waals surface area contributed by atoms with Crippen LogP contribution in [0.5, 0.6) is 0 Å². The first-order valence-electron chi connectivity index (χ1n) is 6.98. The molecule has 2 heterocycles. The van der Waals surface area contributed by atoms with E-state index in [1.54, 1.807) is 6.21 Å². The zero-order valence-electron chi connectivity index (χ0n) is 11.8. The fraction of sp³-hybridized carbons (Fsp3) is 0.333. The van der Waals surface area contributed by atoms with Gasteiger partial charge in [-0.25, -0.2) is 4.98 Å². The predicted octanol–water partition coefficient (Wildman–Crippen LogP) is 4.15. The Labute approximate surface area is 133 Å². The van der Waals surface area contributed by atoms with Crippen molar-refractivity contribution in [1.82, 2.24) is 4.98 Å². The van der Waals surface area contributed by atoms with E-state index in [1.165, 1.54) is 24.2 Å². The van der Waals surface area contributed by atoms with Crippen molar-refractivity contribution in [3.63, 3.8) is 0 Å². The van der Waals surface area contributed by atoms with E-state index in [4.69, 9.17) is 11.6 Å². The largest absolute Gasteiger partial charge is 0.370 e. The van der Waals surface area contributed by atoms with Gasteiger partial charge in [-0.3, -0.25) is 5.43 Å². The molecule has 21 heavy (non-hydrogen) atoms. The lowest BCUT2D eigenvalue weighted by Gasteiger charge is -2.19. The van der Waals surface area contributed by atoms with Crippen LogP contribution in [0.4, 0.5) is 10.8 Å². The molecule has 4 nitrogen and oxygen atoms in total. The first kappa shape index (κ1) is 14.4. The van der Waals surface area contributed by atoms with Gasteiger partial charge in [0, 0.05) is 18.5 Å². The summed E-state index contributed by atoms with van der Waals surface area (Å²) in [4.78, 5) is 6.62. The summed E-state index contributed by atoms with van der Waals surface area (Å²) in [6.07, 6.45) is 4.25. The maximum atomic E-state index is 6.37. The number of aryl methyl sites for hydroxylation is 1. The Morgan fingerprint density at radius 2 is 2.19 bits per heavy atom. The van der Waals surface area contributed by atoms with Crippen molar-refractivity contribution in [2.75, 3.05) is 23.4 Å². The number of rotatable bonds is 4. The predicted molar refractivity (Wildman–Crippen MR) is 91.0 cm³/mol. The maximum Gasteiger partial charge on any atom is 0.203 e. The van der Waals surface area contributed by atoms with Crippen LogP contribution < -0.4 is 10.3 Å². The van der Waals surface area contributed by atoms with Crippen molar-refractivity contribution in [1.29, 1.82) is 0 Å². The highest BCUT2D eigenvalue weighted by Gasteiger charge is 2.14. The van der Waals surface area contributed by atoms with Crippen LogP contribution in [0.3, 0.4) is 0 Å². The van der Waals surface area contributed by atoms with E-state index in [9.17, 15) is 0 Å². The third-order valence-electron chi connectivity index (χ3n) is 3.41. The molecule has 1 fully saturated rings. The van der Waals surface area contributed by atoms with Gasteiger partial charge in [0.1, 0.15) is 0 Å². The number of aromatic nitrogens is 1. The van der Waals surface area contributed by atoms with Crippen molar-refractivity contribution in [2.45, 2.75) is 19.8 Å². The van der Waals surface area contributed by atoms with Gasteiger partial charge in [-0.15, -0.1) is 11.3 Å². The molecule has 0 bridgehead atoms. The number of hydrogen-bond donors (Lipinski definition) is 1. The highest BCUT2D eigenvalue weighted by molar-refractivity contribution is 7.13. The lowest BCUT2D eigenvalue weighted by atomic mass is 10.2. The molecule has 3 rings (SSSR count). The third-order valence-corrected chi connectivity index (χ3v) is 4.58. The van der Waals surface area contributed by atoms with E-state index in [0.29, 0.717) is 0 Å². The molecule has 1 aliphatic rings. The molecule has 2 aromatic rings. The minimum Gasteiger partial charge on any atom is -0.370 e. The van der Waals surface area contributed by atoms with Gasteiger partial charge >= 0.3 is 0 Å². The summed E-state index contributed by atoms with van der Waals surface area (Å²) >= 11 is 7.91. The van der Waals surface area contributed by atoms with Crippen molar-refractivity contribution in [2.24, 2.45) is 5.10 Å². The molecular formula is C15H17ClN4S. The number of halogens is 1. The quantitative estimate of drug-likeness (QED) is 0.679. The maximum absolute atomic E-state index is 6.37. The average Bonchev–Trinajstić information content (AvgIpc) is 3.11. The Morgan fingerprint density at radius 1 is 1.38 bits per heavy atom. The van der Waals surface area contributed by atoms with E-state index in [1.807, 2.05) is 24.4 Å². The minimum absolute atomic E-state index is 0.783. The Balaban J connectivity index is 1.67. The summed E-state index contributed by atoms with van der Waals surface area (Å²) < 4.78 is 0. The van der Waals surface area contributed by atoms with E-state index >= 15 is 0 Å². The van der Waals surface area contributed by atoms with Crippen molar-refractivity contribution in [3.8, 4) is 0 Å². The molecule has 0 spiro atoms. The lowest BCUT2D eigenvalue weighted by Crippen LogP contribution is -2.17. The van der Waals surface area contributed by atoms with Crippen LogP contribution in [0.2, 0.25) is 5.02 Å². The molecule has 1 saturated heterocycles. The second-order valence-corrected chi connectivity index (χ2v) is 6.33. The Morgan fingerprint density at radius 3 is 2.86 bits per heavy atom. The number of benzene rings is 1. The Kier molecular flexibility index (Phi) is 4.41. The van der Waals surface area contributed by atoms with Crippen LogP contribution in [0, 0.1) is 6.92 Å². The summed E-state index contributed by atoms with van der Waals surface area (Å²) in [7, 11) is 0. The number of nitrogens with one attached hydrogen (secondary N) is 1. The normalized spacial score (nSPS) is 15.0. The van der Waals surface area contributed by atoms with Crippen LogP contribution in [-0.2, 0) is 0 Å². The molecule has 6 heteroatoms. The van der Waals surface area contributed by atoms with Gasteiger partial charge in [0.2, 0.25) is 5.13 Å². The van der Waals surface area contributed by atoms with Gasteiger partial charge in [-0.05, 0) is 37.5 Å².